The molecule has 1 atom stereocenters. The first-order valence-electron chi connectivity index (χ1n) is 12.5. The average Bonchev–Trinajstić information content (AvgIpc) is 3.31. The minimum absolute atomic E-state index is 0.00702. The second-order valence-electron chi connectivity index (χ2n) is 12.7. The smallest absolute Gasteiger partial charge is 0.0215 e. The standard InChI is InChI=1S/C32H42/c1-20(2)26-19-24(30(5,6)7)17-23-18-27-25(28(23)26)15-16-32(21(3)4,31(8,9)10)29(27)22-13-11-12-14-22/h11-13,15-21H,14H2,1-10H3. The molecule has 170 valence electrons. The molecule has 0 heterocycles. The van der Waals surface area contributed by atoms with Crippen LogP contribution in [0.1, 0.15) is 92.7 Å². The van der Waals surface area contributed by atoms with E-state index in [0.717, 1.165) is 6.42 Å². The molecule has 3 aliphatic carbocycles. The number of hydrogen-bond acceptors (Lipinski definition) is 0. The van der Waals surface area contributed by atoms with Crippen LogP contribution in [0.5, 0.6) is 0 Å². The Morgan fingerprint density at radius 1 is 0.906 bits per heavy atom. The van der Waals surface area contributed by atoms with Gasteiger partial charge in [0.25, 0.3) is 0 Å². The molecule has 0 nitrogen and oxygen atoms in total. The Morgan fingerprint density at radius 2 is 1.59 bits per heavy atom. The van der Waals surface area contributed by atoms with E-state index < -0.39 is 0 Å². The van der Waals surface area contributed by atoms with E-state index in [-0.39, 0.29) is 16.2 Å². The minimum atomic E-state index is 0.00702. The van der Waals surface area contributed by atoms with E-state index in [0.29, 0.717) is 11.8 Å². The van der Waals surface area contributed by atoms with Crippen molar-refractivity contribution in [3.05, 3.63) is 80.8 Å². The zero-order valence-corrected chi connectivity index (χ0v) is 22.0. The van der Waals surface area contributed by atoms with Crippen LogP contribution in [-0.2, 0) is 5.41 Å². The molecule has 0 bridgehead atoms. The SMILES string of the molecule is CC(C)c1cc(C(C)(C)C)cc2c1=C1C=CC(C(C)C)(C(C)(C)C)C(C3=CC=CC3)=C1C=2. The van der Waals surface area contributed by atoms with Crippen LogP contribution in [-0.4, -0.2) is 0 Å². The van der Waals surface area contributed by atoms with E-state index in [1.165, 1.54) is 38.3 Å². The summed E-state index contributed by atoms with van der Waals surface area (Å²) in [6, 6.07) is 4.94. The molecule has 4 rings (SSSR count). The normalized spacial score (nSPS) is 22.6. The highest BCUT2D eigenvalue weighted by molar-refractivity contribution is 5.92. The van der Waals surface area contributed by atoms with Crippen molar-refractivity contribution in [3.63, 3.8) is 0 Å². The van der Waals surface area contributed by atoms with Crippen LogP contribution in [0.2, 0.25) is 0 Å². The van der Waals surface area contributed by atoms with Gasteiger partial charge in [0.1, 0.15) is 0 Å². The minimum Gasteiger partial charge on any atom is -0.0801 e. The molecule has 0 aliphatic heterocycles. The Kier molecular flexibility index (Phi) is 5.39. The van der Waals surface area contributed by atoms with Gasteiger partial charge in [-0.1, -0.05) is 112 Å². The van der Waals surface area contributed by atoms with Gasteiger partial charge in [0, 0.05) is 5.41 Å². The quantitative estimate of drug-likeness (QED) is 0.469. The summed E-state index contributed by atoms with van der Waals surface area (Å²) in [6.45, 7) is 23.8. The first-order valence-corrected chi connectivity index (χ1v) is 12.5. The summed E-state index contributed by atoms with van der Waals surface area (Å²) in [7, 11) is 0. The predicted molar refractivity (Wildman–Crippen MR) is 141 cm³/mol. The van der Waals surface area contributed by atoms with E-state index in [1.54, 1.807) is 5.57 Å². The van der Waals surface area contributed by atoms with Gasteiger partial charge in [-0.25, -0.2) is 0 Å². The summed E-state index contributed by atoms with van der Waals surface area (Å²) in [5, 5.41) is 2.88. The van der Waals surface area contributed by atoms with Crippen LogP contribution in [0.3, 0.4) is 0 Å². The zero-order chi connectivity index (χ0) is 23.6. The summed E-state index contributed by atoms with van der Waals surface area (Å²) < 4.78 is 0. The molecule has 0 spiro atoms. The number of fused-ring (bicyclic) bond motifs is 2. The van der Waals surface area contributed by atoms with Crippen molar-refractivity contribution in [3.8, 4) is 0 Å². The highest BCUT2D eigenvalue weighted by atomic mass is 14.5. The second kappa shape index (κ2) is 7.47. The van der Waals surface area contributed by atoms with Crippen molar-refractivity contribution in [1.82, 2.24) is 0 Å². The number of hydrogen-bond donors (Lipinski definition) is 0. The lowest BCUT2D eigenvalue weighted by atomic mass is 9.53. The lowest BCUT2D eigenvalue weighted by Crippen LogP contribution is -2.43. The van der Waals surface area contributed by atoms with Gasteiger partial charge in [-0.3, -0.25) is 0 Å². The van der Waals surface area contributed by atoms with Crippen molar-refractivity contribution >= 4 is 11.6 Å². The van der Waals surface area contributed by atoms with Crippen LogP contribution in [0.25, 0.3) is 11.6 Å². The van der Waals surface area contributed by atoms with E-state index in [1.807, 2.05) is 0 Å². The van der Waals surface area contributed by atoms with Crippen LogP contribution in [0, 0.1) is 16.7 Å². The first-order chi connectivity index (χ1) is 14.8. The van der Waals surface area contributed by atoms with Crippen molar-refractivity contribution in [2.24, 2.45) is 16.7 Å². The third kappa shape index (κ3) is 3.33. The van der Waals surface area contributed by atoms with Gasteiger partial charge >= 0.3 is 0 Å². The first kappa shape index (κ1) is 23.1. The number of benzene rings is 1. The summed E-state index contributed by atoms with van der Waals surface area (Å²) in [4.78, 5) is 0. The maximum Gasteiger partial charge on any atom is 0.0215 e. The molecule has 0 saturated heterocycles. The molecule has 1 aromatic carbocycles. The zero-order valence-electron chi connectivity index (χ0n) is 22.0. The number of allylic oxidation sites excluding steroid dienone is 8. The van der Waals surface area contributed by atoms with Crippen LogP contribution in [0.4, 0.5) is 0 Å². The Bertz CT molecular complexity index is 1190. The fourth-order valence-corrected chi connectivity index (χ4v) is 6.31. The highest BCUT2D eigenvalue weighted by Gasteiger charge is 2.49. The largest absolute Gasteiger partial charge is 0.0801 e. The Morgan fingerprint density at radius 3 is 2.09 bits per heavy atom. The Labute approximate surface area is 196 Å². The topological polar surface area (TPSA) is 0 Å². The van der Waals surface area contributed by atoms with Crippen LogP contribution < -0.4 is 10.4 Å². The van der Waals surface area contributed by atoms with Crippen molar-refractivity contribution in [2.45, 2.75) is 87.0 Å². The van der Waals surface area contributed by atoms with Crippen molar-refractivity contribution < 1.29 is 0 Å². The molecule has 1 aromatic rings. The molecule has 32 heavy (non-hydrogen) atoms. The summed E-state index contributed by atoms with van der Waals surface area (Å²) in [5.74, 6) is 1.01. The van der Waals surface area contributed by atoms with E-state index >= 15 is 0 Å². The Hall–Kier alpha value is -2.08. The molecule has 0 aromatic heterocycles. The molecule has 0 fully saturated rings. The van der Waals surface area contributed by atoms with Gasteiger partial charge in [-0.2, -0.15) is 0 Å². The van der Waals surface area contributed by atoms with Crippen molar-refractivity contribution in [1.29, 1.82) is 0 Å². The molecule has 0 N–H and O–H groups in total. The summed E-state index contributed by atoms with van der Waals surface area (Å²) in [5.41, 5.74) is 9.16. The summed E-state index contributed by atoms with van der Waals surface area (Å²) >= 11 is 0. The van der Waals surface area contributed by atoms with Gasteiger partial charge in [0.15, 0.2) is 0 Å². The molecule has 3 aliphatic rings. The molecule has 1 unspecified atom stereocenters. The lowest BCUT2D eigenvalue weighted by molar-refractivity contribution is 0.129. The monoisotopic (exact) mass is 426 g/mol. The van der Waals surface area contributed by atoms with Gasteiger partial charge in [-0.05, 0) is 79.0 Å². The average molecular weight is 427 g/mol. The van der Waals surface area contributed by atoms with Gasteiger partial charge < -0.3 is 0 Å². The molecule has 0 saturated carbocycles. The fraction of sp³-hybridized carbons (Fsp3) is 0.500. The van der Waals surface area contributed by atoms with E-state index in [4.69, 9.17) is 0 Å². The van der Waals surface area contributed by atoms with Crippen molar-refractivity contribution in [2.75, 3.05) is 0 Å². The Balaban J connectivity index is 2.15. The predicted octanol–water partition coefficient (Wildman–Crippen LogP) is 7.49. The maximum atomic E-state index is 2.57. The molecular formula is C32H42. The van der Waals surface area contributed by atoms with E-state index in [9.17, 15) is 0 Å². The van der Waals surface area contributed by atoms with Crippen LogP contribution in [0.15, 0.2) is 59.2 Å². The maximum absolute atomic E-state index is 2.57. The second-order valence-corrected chi connectivity index (χ2v) is 12.7. The van der Waals surface area contributed by atoms with Gasteiger partial charge in [0.2, 0.25) is 0 Å². The van der Waals surface area contributed by atoms with Gasteiger partial charge in [-0.15, -0.1) is 0 Å². The fourth-order valence-electron chi connectivity index (χ4n) is 6.31. The summed E-state index contributed by atoms with van der Waals surface area (Å²) in [6.07, 6.45) is 15.5. The van der Waals surface area contributed by atoms with E-state index in [2.05, 4.69) is 118 Å². The molecule has 0 heteroatoms. The van der Waals surface area contributed by atoms with Crippen LogP contribution >= 0.6 is 0 Å². The highest BCUT2D eigenvalue weighted by Crippen LogP contribution is 2.58. The molecular weight excluding hydrogens is 384 g/mol. The number of rotatable bonds is 3. The molecule has 0 amide bonds. The third-order valence-electron chi connectivity index (χ3n) is 7.99. The third-order valence-corrected chi connectivity index (χ3v) is 7.99. The lowest BCUT2D eigenvalue weighted by Gasteiger charge is -2.51. The molecule has 0 radical (unpaired) electrons. The van der Waals surface area contributed by atoms with Gasteiger partial charge in [0.05, 0.1) is 0 Å².